The van der Waals surface area contributed by atoms with Crippen molar-refractivity contribution in [1.82, 2.24) is 0 Å². The Morgan fingerprint density at radius 3 is 1.75 bits per heavy atom. The Bertz CT molecular complexity index is 134. The topological polar surface area (TPSA) is 0 Å². The number of hydrogen-bond donors (Lipinski definition) is 0. The SMILES string of the molecule is [CH2]CC(F)C(F)(F)[C@@H](F)C(F)F. The lowest BCUT2D eigenvalue weighted by Crippen LogP contribution is -2.43. The highest BCUT2D eigenvalue weighted by atomic mass is 19.3. The average Bonchev–Trinajstić information content (AvgIpc) is 2.01. The van der Waals surface area contributed by atoms with Crippen molar-refractivity contribution in [3.8, 4) is 0 Å². The first-order valence-corrected chi connectivity index (χ1v) is 3.07. The molecular weight excluding hydrogens is 186 g/mol. The Labute approximate surface area is 65.6 Å². The third-order valence-electron chi connectivity index (χ3n) is 1.26. The highest BCUT2D eigenvalue weighted by Crippen LogP contribution is 2.32. The maximum atomic E-state index is 12.2. The Kier molecular flexibility index (Phi) is 3.86. The van der Waals surface area contributed by atoms with E-state index in [1.165, 1.54) is 0 Å². The molecule has 0 amide bonds. The van der Waals surface area contributed by atoms with E-state index in [9.17, 15) is 26.3 Å². The van der Waals surface area contributed by atoms with Crippen LogP contribution >= 0.6 is 0 Å². The molecule has 0 aliphatic carbocycles. The first-order valence-electron chi connectivity index (χ1n) is 3.07. The van der Waals surface area contributed by atoms with Crippen LogP contribution in [-0.4, -0.2) is 24.7 Å². The molecule has 0 aliphatic rings. The Morgan fingerprint density at radius 1 is 1.08 bits per heavy atom. The summed E-state index contributed by atoms with van der Waals surface area (Å²) in [5.41, 5.74) is 0. The minimum atomic E-state index is -4.66. The van der Waals surface area contributed by atoms with Crippen LogP contribution in [0.2, 0.25) is 0 Å². The van der Waals surface area contributed by atoms with Gasteiger partial charge in [0.05, 0.1) is 0 Å². The minimum absolute atomic E-state index is 0.944. The van der Waals surface area contributed by atoms with Crippen LogP contribution in [0.15, 0.2) is 0 Å². The summed E-state index contributed by atoms with van der Waals surface area (Å²) in [5.74, 6) is -4.66. The van der Waals surface area contributed by atoms with E-state index in [0.717, 1.165) is 0 Å². The van der Waals surface area contributed by atoms with E-state index >= 15 is 0 Å². The highest BCUT2D eigenvalue weighted by molar-refractivity contribution is 4.86. The van der Waals surface area contributed by atoms with E-state index in [-0.39, 0.29) is 0 Å². The summed E-state index contributed by atoms with van der Waals surface area (Å²) in [6, 6.07) is 0. The standard InChI is InChI=1S/C6H7F6/c1-2-3(7)6(11,12)4(8)5(9)10/h3-5H,1-2H2/t3?,4-/m0/s1. The van der Waals surface area contributed by atoms with Crippen LogP contribution in [0.1, 0.15) is 6.42 Å². The van der Waals surface area contributed by atoms with Gasteiger partial charge in [0, 0.05) is 0 Å². The largest absolute Gasteiger partial charge is 0.314 e. The molecule has 0 saturated heterocycles. The van der Waals surface area contributed by atoms with E-state index in [0.29, 0.717) is 0 Å². The minimum Gasteiger partial charge on any atom is -0.241 e. The van der Waals surface area contributed by atoms with Crippen molar-refractivity contribution in [1.29, 1.82) is 0 Å². The van der Waals surface area contributed by atoms with Gasteiger partial charge < -0.3 is 0 Å². The highest BCUT2D eigenvalue weighted by Gasteiger charge is 2.52. The zero-order valence-corrected chi connectivity index (χ0v) is 5.91. The predicted molar refractivity (Wildman–Crippen MR) is 30.7 cm³/mol. The van der Waals surface area contributed by atoms with Gasteiger partial charge in [-0.15, -0.1) is 0 Å². The third-order valence-corrected chi connectivity index (χ3v) is 1.26. The smallest absolute Gasteiger partial charge is 0.241 e. The molecule has 6 heteroatoms. The lowest BCUT2D eigenvalue weighted by Gasteiger charge is -2.22. The normalized spacial score (nSPS) is 18.0. The van der Waals surface area contributed by atoms with Crippen LogP contribution in [0.5, 0.6) is 0 Å². The summed E-state index contributed by atoms with van der Waals surface area (Å²) in [7, 11) is 0. The number of rotatable bonds is 4. The number of hydrogen-bond acceptors (Lipinski definition) is 0. The monoisotopic (exact) mass is 193 g/mol. The Hall–Kier alpha value is -0.420. The molecule has 2 atom stereocenters. The van der Waals surface area contributed by atoms with Crippen molar-refractivity contribution in [2.24, 2.45) is 0 Å². The van der Waals surface area contributed by atoms with Crippen LogP contribution in [0.3, 0.4) is 0 Å². The van der Waals surface area contributed by atoms with Crippen molar-refractivity contribution < 1.29 is 26.3 Å². The first kappa shape index (κ1) is 11.6. The van der Waals surface area contributed by atoms with Crippen molar-refractivity contribution in [2.75, 3.05) is 0 Å². The second-order valence-electron chi connectivity index (χ2n) is 2.17. The molecule has 0 aromatic heterocycles. The van der Waals surface area contributed by atoms with Gasteiger partial charge in [-0.05, 0) is 6.42 Å². The van der Waals surface area contributed by atoms with Crippen molar-refractivity contribution >= 4 is 0 Å². The maximum absolute atomic E-state index is 12.2. The lowest BCUT2D eigenvalue weighted by atomic mass is 10.1. The van der Waals surface area contributed by atoms with E-state index in [1.807, 2.05) is 0 Å². The molecule has 0 saturated carbocycles. The molecule has 0 N–H and O–H groups in total. The Morgan fingerprint density at radius 2 is 1.50 bits per heavy atom. The van der Waals surface area contributed by atoms with Crippen molar-refractivity contribution in [2.45, 2.75) is 31.1 Å². The molecule has 0 aromatic rings. The molecule has 0 nitrogen and oxygen atoms in total. The second kappa shape index (κ2) is 4.00. The molecule has 0 aliphatic heterocycles. The summed E-state index contributed by atoms with van der Waals surface area (Å²) >= 11 is 0. The lowest BCUT2D eigenvalue weighted by molar-refractivity contribution is -0.165. The fourth-order valence-electron chi connectivity index (χ4n) is 0.533. The molecule has 73 valence electrons. The van der Waals surface area contributed by atoms with Crippen LogP contribution in [-0.2, 0) is 0 Å². The molecular formula is C6H7F6. The van der Waals surface area contributed by atoms with Crippen LogP contribution in [0, 0.1) is 6.92 Å². The zero-order valence-electron chi connectivity index (χ0n) is 5.91. The number of alkyl halides is 6. The van der Waals surface area contributed by atoms with Crippen LogP contribution in [0.25, 0.3) is 0 Å². The second-order valence-corrected chi connectivity index (χ2v) is 2.17. The van der Waals surface area contributed by atoms with Gasteiger partial charge in [0.25, 0.3) is 6.43 Å². The van der Waals surface area contributed by atoms with E-state index in [4.69, 9.17) is 0 Å². The van der Waals surface area contributed by atoms with Crippen LogP contribution in [0.4, 0.5) is 26.3 Å². The van der Waals surface area contributed by atoms with Gasteiger partial charge >= 0.3 is 5.92 Å². The summed E-state index contributed by atoms with van der Waals surface area (Å²) in [5, 5.41) is 0. The molecule has 0 rings (SSSR count). The molecule has 0 bridgehead atoms. The number of halogens is 6. The maximum Gasteiger partial charge on any atom is 0.314 e. The van der Waals surface area contributed by atoms with Gasteiger partial charge in [0.1, 0.15) is 0 Å². The van der Waals surface area contributed by atoms with Gasteiger partial charge in [-0.1, -0.05) is 6.92 Å². The summed E-state index contributed by atoms with van der Waals surface area (Å²) in [6.45, 7) is 2.73. The van der Waals surface area contributed by atoms with Gasteiger partial charge in [-0.3, -0.25) is 0 Å². The molecule has 0 fully saturated rings. The molecule has 0 spiro atoms. The molecule has 1 radical (unpaired) electrons. The van der Waals surface area contributed by atoms with Crippen molar-refractivity contribution in [3.63, 3.8) is 0 Å². The fraction of sp³-hybridized carbons (Fsp3) is 0.833. The van der Waals surface area contributed by atoms with Crippen molar-refractivity contribution in [3.05, 3.63) is 6.92 Å². The van der Waals surface area contributed by atoms with E-state index < -0.39 is 31.1 Å². The predicted octanol–water partition coefficient (Wildman–Crippen LogP) is 2.79. The van der Waals surface area contributed by atoms with E-state index in [1.54, 1.807) is 0 Å². The molecule has 12 heavy (non-hydrogen) atoms. The average molecular weight is 193 g/mol. The summed E-state index contributed by atoms with van der Waals surface area (Å²) in [6.07, 6.45) is -11.6. The first-order chi connectivity index (χ1) is 5.34. The fourth-order valence-corrected chi connectivity index (χ4v) is 0.533. The summed E-state index contributed by atoms with van der Waals surface area (Å²) in [4.78, 5) is 0. The molecule has 0 aromatic carbocycles. The van der Waals surface area contributed by atoms with Gasteiger partial charge in [-0.2, -0.15) is 8.78 Å². The quantitative estimate of drug-likeness (QED) is 0.602. The van der Waals surface area contributed by atoms with Gasteiger partial charge in [-0.25, -0.2) is 17.6 Å². The van der Waals surface area contributed by atoms with Gasteiger partial charge in [0.2, 0.25) is 6.17 Å². The van der Waals surface area contributed by atoms with Crippen LogP contribution < -0.4 is 0 Å². The zero-order chi connectivity index (χ0) is 9.94. The third kappa shape index (κ3) is 2.28. The summed E-state index contributed by atoms with van der Waals surface area (Å²) < 4.78 is 71.2. The van der Waals surface area contributed by atoms with Gasteiger partial charge in [0.15, 0.2) is 6.17 Å². The Balaban J connectivity index is 4.37. The molecule has 0 heterocycles. The molecule has 1 unspecified atom stereocenters. The van der Waals surface area contributed by atoms with E-state index in [2.05, 4.69) is 6.92 Å².